The molecule has 7 heteroatoms. The molecule has 0 unspecified atom stereocenters. The molecule has 102 valence electrons. The van der Waals surface area contributed by atoms with Gasteiger partial charge in [-0.15, -0.1) is 11.3 Å². The third-order valence-electron chi connectivity index (χ3n) is 2.96. The van der Waals surface area contributed by atoms with Gasteiger partial charge < -0.3 is 0 Å². The molecule has 0 N–H and O–H groups in total. The van der Waals surface area contributed by atoms with E-state index in [9.17, 15) is 18.4 Å². The number of carbonyl (C=O) groups excluding carboxylic acids is 2. The van der Waals surface area contributed by atoms with Gasteiger partial charge in [-0.3, -0.25) is 14.5 Å². The van der Waals surface area contributed by atoms with E-state index in [1.807, 2.05) is 0 Å². The largest absolute Gasteiger partial charge is 0.299 e. The molecule has 0 aliphatic carbocycles. The van der Waals surface area contributed by atoms with Gasteiger partial charge in [-0.2, -0.15) is 0 Å². The van der Waals surface area contributed by atoms with Crippen LogP contribution in [0.5, 0.6) is 0 Å². The van der Waals surface area contributed by atoms with E-state index in [0.29, 0.717) is 4.34 Å². The van der Waals surface area contributed by atoms with Crippen LogP contribution >= 0.6 is 22.9 Å². The number of hydrogen-bond donors (Lipinski definition) is 0. The minimum absolute atomic E-state index is 0.0865. The Balaban J connectivity index is 2.03. The SMILES string of the molecule is O=C1C(=O)N(Cc2ccc(Cl)s2)c2cc(F)c(F)cc21. The molecule has 0 fully saturated rings. The lowest BCUT2D eigenvalue weighted by Crippen LogP contribution is -2.28. The van der Waals surface area contributed by atoms with Crippen molar-refractivity contribution in [2.75, 3.05) is 4.90 Å². The van der Waals surface area contributed by atoms with Crippen LogP contribution in [0.2, 0.25) is 4.34 Å². The van der Waals surface area contributed by atoms with Crippen LogP contribution in [0.15, 0.2) is 24.3 Å². The standard InChI is InChI=1S/C13H6ClF2NO2S/c14-11-2-1-6(20-11)5-17-10-4-9(16)8(15)3-7(10)12(18)13(17)19/h1-4H,5H2. The van der Waals surface area contributed by atoms with Gasteiger partial charge in [0.15, 0.2) is 11.6 Å². The van der Waals surface area contributed by atoms with Gasteiger partial charge in [-0.25, -0.2) is 8.78 Å². The summed E-state index contributed by atoms with van der Waals surface area (Å²) in [6.45, 7) is 0.0973. The Hall–Kier alpha value is -1.79. The summed E-state index contributed by atoms with van der Waals surface area (Å²) in [6.07, 6.45) is 0. The maximum atomic E-state index is 13.3. The maximum Gasteiger partial charge on any atom is 0.299 e. The number of benzene rings is 1. The van der Waals surface area contributed by atoms with Crippen molar-refractivity contribution in [2.24, 2.45) is 0 Å². The van der Waals surface area contributed by atoms with Crippen molar-refractivity contribution in [1.29, 1.82) is 0 Å². The van der Waals surface area contributed by atoms with E-state index in [1.54, 1.807) is 12.1 Å². The maximum absolute atomic E-state index is 13.3. The topological polar surface area (TPSA) is 37.4 Å². The second-order valence-electron chi connectivity index (χ2n) is 4.21. The molecule has 3 rings (SSSR count). The summed E-state index contributed by atoms with van der Waals surface area (Å²) in [5, 5.41) is 0. The number of fused-ring (bicyclic) bond motifs is 1. The summed E-state index contributed by atoms with van der Waals surface area (Å²) in [6, 6.07) is 4.99. The van der Waals surface area contributed by atoms with Gasteiger partial charge in [0, 0.05) is 10.9 Å². The Labute approximate surface area is 121 Å². The Morgan fingerprint density at radius 1 is 1.15 bits per heavy atom. The Morgan fingerprint density at radius 2 is 1.85 bits per heavy atom. The van der Waals surface area contributed by atoms with Gasteiger partial charge in [0.2, 0.25) is 0 Å². The average molecular weight is 314 g/mol. The fraction of sp³-hybridized carbons (Fsp3) is 0.0769. The average Bonchev–Trinajstić information content (AvgIpc) is 2.90. The fourth-order valence-corrected chi connectivity index (χ4v) is 3.11. The zero-order valence-corrected chi connectivity index (χ0v) is 11.4. The van der Waals surface area contributed by atoms with Crippen molar-refractivity contribution in [3.63, 3.8) is 0 Å². The first kappa shape index (κ1) is 13.2. The second-order valence-corrected chi connectivity index (χ2v) is 6.01. The Morgan fingerprint density at radius 3 is 2.50 bits per heavy atom. The van der Waals surface area contributed by atoms with Crippen LogP contribution in [0.1, 0.15) is 15.2 Å². The third-order valence-corrected chi connectivity index (χ3v) is 4.17. The van der Waals surface area contributed by atoms with Gasteiger partial charge in [-0.1, -0.05) is 11.6 Å². The van der Waals surface area contributed by atoms with Crippen LogP contribution in [0, 0.1) is 11.6 Å². The van der Waals surface area contributed by atoms with Crippen molar-refractivity contribution in [3.05, 3.63) is 50.7 Å². The van der Waals surface area contributed by atoms with E-state index >= 15 is 0 Å². The molecular formula is C13H6ClF2NO2S. The van der Waals surface area contributed by atoms with Gasteiger partial charge >= 0.3 is 0 Å². The monoisotopic (exact) mass is 313 g/mol. The molecule has 0 spiro atoms. The van der Waals surface area contributed by atoms with Crippen LogP contribution in [0.25, 0.3) is 0 Å². The molecule has 1 aromatic carbocycles. The molecule has 0 saturated carbocycles. The fourth-order valence-electron chi connectivity index (χ4n) is 2.04. The molecule has 1 aromatic heterocycles. The third kappa shape index (κ3) is 2.01. The normalized spacial score (nSPS) is 14.1. The molecule has 0 radical (unpaired) electrons. The van der Waals surface area contributed by atoms with Crippen molar-refractivity contribution in [3.8, 4) is 0 Å². The second kappa shape index (κ2) is 4.64. The van der Waals surface area contributed by atoms with E-state index in [-0.39, 0.29) is 17.8 Å². The summed E-state index contributed by atoms with van der Waals surface area (Å²) in [5.74, 6) is -3.87. The molecule has 0 saturated heterocycles. The molecule has 0 bridgehead atoms. The highest BCUT2D eigenvalue weighted by molar-refractivity contribution is 7.16. The molecule has 0 atom stereocenters. The molecular weight excluding hydrogens is 308 g/mol. The number of hydrogen-bond acceptors (Lipinski definition) is 3. The Bertz CT molecular complexity index is 744. The summed E-state index contributed by atoms with van der Waals surface area (Å²) < 4.78 is 27.0. The number of amides is 1. The van der Waals surface area contributed by atoms with E-state index < -0.39 is 23.3 Å². The molecule has 3 nitrogen and oxygen atoms in total. The van der Waals surface area contributed by atoms with Crippen LogP contribution < -0.4 is 4.90 Å². The minimum atomic E-state index is -1.15. The van der Waals surface area contributed by atoms with Crippen molar-refractivity contribution < 1.29 is 18.4 Å². The van der Waals surface area contributed by atoms with Crippen LogP contribution in [-0.4, -0.2) is 11.7 Å². The minimum Gasteiger partial charge on any atom is -0.299 e. The number of Topliss-reactive ketones (excluding diaryl/α,β-unsaturated/α-hetero) is 1. The predicted octanol–water partition coefficient (Wildman–Crippen LogP) is 3.41. The zero-order chi connectivity index (χ0) is 14.4. The zero-order valence-electron chi connectivity index (χ0n) is 9.82. The van der Waals surface area contributed by atoms with E-state index in [0.717, 1.165) is 21.9 Å². The quantitative estimate of drug-likeness (QED) is 0.797. The van der Waals surface area contributed by atoms with Crippen molar-refractivity contribution in [1.82, 2.24) is 0 Å². The summed E-state index contributed by atoms with van der Waals surface area (Å²) in [7, 11) is 0. The van der Waals surface area contributed by atoms with Crippen LogP contribution in [0.4, 0.5) is 14.5 Å². The lowest BCUT2D eigenvalue weighted by atomic mass is 10.1. The summed E-state index contributed by atoms with van der Waals surface area (Å²) >= 11 is 7.05. The van der Waals surface area contributed by atoms with Crippen LogP contribution in [0.3, 0.4) is 0 Å². The molecule has 1 aliphatic rings. The van der Waals surface area contributed by atoms with Gasteiger partial charge in [0.1, 0.15) is 0 Å². The molecule has 2 aromatic rings. The van der Waals surface area contributed by atoms with Gasteiger partial charge in [-0.05, 0) is 18.2 Å². The summed E-state index contributed by atoms with van der Waals surface area (Å²) in [5.41, 5.74) is -0.0278. The highest BCUT2D eigenvalue weighted by atomic mass is 35.5. The number of nitrogens with zero attached hydrogens (tertiary/aromatic N) is 1. The van der Waals surface area contributed by atoms with E-state index in [2.05, 4.69) is 0 Å². The molecule has 1 amide bonds. The molecule has 1 aliphatic heterocycles. The smallest absolute Gasteiger partial charge is 0.299 e. The first-order valence-corrected chi connectivity index (χ1v) is 6.76. The number of rotatable bonds is 2. The summed E-state index contributed by atoms with van der Waals surface area (Å²) in [4.78, 5) is 25.5. The highest BCUT2D eigenvalue weighted by Gasteiger charge is 2.37. The van der Waals surface area contributed by atoms with E-state index in [4.69, 9.17) is 11.6 Å². The van der Waals surface area contributed by atoms with Gasteiger partial charge in [0.25, 0.3) is 11.7 Å². The highest BCUT2D eigenvalue weighted by Crippen LogP contribution is 2.33. The van der Waals surface area contributed by atoms with Crippen LogP contribution in [-0.2, 0) is 11.3 Å². The number of carbonyl (C=O) groups is 2. The van der Waals surface area contributed by atoms with Crippen molar-refractivity contribution >= 4 is 40.3 Å². The lowest BCUT2D eigenvalue weighted by Gasteiger charge is -2.15. The van der Waals surface area contributed by atoms with Crippen molar-refractivity contribution in [2.45, 2.75) is 6.54 Å². The first-order chi connectivity index (χ1) is 9.47. The molecule has 2 heterocycles. The van der Waals surface area contributed by atoms with Gasteiger partial charge in [0.05, 0.1) is 22.1 Å². The number of thiophene rings is 1. The van der Waals surface area contributed by atoms with E-state index in [1.165, 1.54) is 11.3 Å². The first-order valence-electron chi connectivity index (χ1n) is 5.57. The lowest BCUT2D eigenvalue weighted by molar-refractivity contribution is -0.114. The number of halogens is 3. The predicted molar refractivity (Wildman–Crippen MR) is 71.2 cm³/mol. The molecule has 20 heavy (non-hydrogen) atoms. The Kier molecular flexibility index (Phi) is 3.07. The number of ketones is 1. The number of anilines is 1.